The van der Waals surface area contributed by atoms with Gasteiger partial charge in [-0.1, -0.05) is 36.4 Å². The fourth-order valence-electron chi connectivity index (χ4n) is 2.16. The number of amides is 1. The molecule has 22 heavy (non-hydrogen) atoms. The zero-order valence-corrected chi connectivity index (χ0v) is 12.8. The number of methoxy groups -OCH3 is 1. The first-order valence-corrected chi connectivity index (χ1v) is 7.09. The van der Waals surface area contributed by atoms with Gasteiger partial charge in [0.05, 0.1) is 12.7 Å². The number of rotatable bonds is 5. The topological polar surface area (TPSA) is 46.6 Å². The van der Waals surface area contributed by atoms with E-state index in [1.807, 2.05) is 30.3 Å². The summed E-state index contributed by atoms with van der Waals surface area (Å²) in [5.41, 5.74) is 2.05. The number of likely N-dealkylation sites (N-methyl/N-ethyl adjacent to an activating group) is 1. The van der Waals surface area contributed by atoms with Gasteiger partial charge in [-0.25, -0.2) is 4.79 Å². The van der Waals surface area contributed by atoms with Crippen LogP contribution >= 0.6 is 0 Å². The molecule has 0 radical (unpaired) electrons. The molecule has 0 atom stereocenters. The lowest BCUT2D eigenvalue weighted by Crippen LogP contribution is -2.29. The van der Waals surface area contributed by atoms with E-state index in [4.69, 9.17) is 0 Å². The van der Waals surface area contributed by atoms with E-state index in [0.29, 0.717) is 17.7 Å². The molecule has 1 amide bonds. The Bertz CT molecular complexity index is 652. The number of ether oxygens (including phenoxy) is 1. The molecule has 4 heteroatoms. The highest BCUT2D eigenvalue weighted by atomic mass is 16.5. The molecule has 114 valence electrons. The molecule has 2 aromatic rings. The molecule has 0 aromatic heterocycles. The maximum atomic E-state index is 12.4. The van der Waals surface area contributed by atoms with Crippen molar-refractivity contribution < 1.29 is 14.3 Å². The quantitative estimate of drug-likeness (QED) is 0.797. The fourth-order valence-corrected chi connectivity index (χ4v) is 2.16. The monoisotopic (exact) mass is 297 g/mol. The Hall–Kier alpha value is -2.62. The van der Waals surface area contributed by atoms with Crippen molar-refractivity contribution in [2.45, 2.75) is 6.42 Å². The van der Waals surface area contributed by atoms with Crippen LogP contribution < -0.4 is 0 Å². The van der Waals surface area contributed by atoms with E-state index in [-0.39, 0.29) is 5.91 Å². The predicted molar refractivity (Wildman–Crippen MR) is 84.9 cm³/mol. The van der Waals surface area contributed by atoms with Crippen molar-refractivity contribution in [3.8, 4) is 0 Å². The van der Waals surface area contributed by atoms with Gasteiger partial charge in [-0.15, -0.1) is 0 Å². The highest BCUT2D eigenvalue weighted by Gasteiger charge is 2.14. The van der Waals surface area contributed by atoms with Gasteiger partial charge < -0.3 is 9.64 Å². The van der Waals surface area contributed by atoms with E-state index < -0.39 is 5.97 Å². The minimum atomic E-state index is -0.443. The Morgan fingerprint density at radius 1 is 1.00 bits per heavy atom. The van der Waals surface area contributed by atoms with Crippen LogP contribution in [0.1, 0.15) is 26.3 Å². The summed E-state index contributed by atoms with van der Waals surface area (Å²) in [6.45, 7) is 0.616. The number of hydrogen-bond acceptors (Lipinski definition) is 3. The van der Waals surface area contributed by atoms with Crippen molar-refractivity contribution in [1.82, 2.24) is 4.90 Å². The lowest BCUT2D eigenvalue weighted by atomic mass is 10.1. The first-order chi connectivity index (χ1) is 10.6. The molecule has 0 bridgehead atoms. The van der Waals surface area contributed by atoms with E-state index in [2.05, 4.69) is 4.74 Å². The van der Waals surface area contributed by atoms with Crippen LogP contribution in [0.3, 0.4) is 0 Å². The SMILES string of the molecule is COC(=O)c1cccc(C(=O)N(C)CCc2ccccc2)c1. The van der Waals surface area contributed by atoms with Crippen molar-refractivity contribution in [3.63, 3.8) is 0 Å². The maximum Gasteiger partial charge on any atom is 0.337 e. The van der Waals surface area contributed by atoms with Crippen LogP contribution in [0.15, 0.2) is 54.6 Å². The molecule has 0 saturated heterocycles. The standard InChI is InChI=1S/C18H19NO3/c1-19(12-11-14-7-4-3-5-8-14)17(20)15-9-6-10-16(13-15)18(21)22-2/h3-10,13H,11-12H2,1-2H3. The Morgan fingerprint density at radius 2 is 1.68 bits per heavy atom. The van der Waals surface area contributed by atoms with Gasteiger partial charge >= 0.3 is 5.97 Å². The van der Waals surface area contributed by atoms with E-state index in [9.17, 15) is 9.59 Å². The van der Waals surface area contributed by atoms with Crippen LogP contribution in [0.4, 0.5) is 0 Å². The number of esters is 1. The molecule has 0 spiro atoms. The molecule has 0 unspecified atom stereocenters. The molecule has 2 rings (SSSR count). The average molecular weight is 297 g/mol. The molecule has 0 saturated carbocycles. The van der Waals surface area contributed by atoms with Gasteiger partial charge in [0.25, 0.3) is 5.91 Å². The van der Waals surface area contributed by atoms with Gasteiger partial charge in [0.2, 0.25) is 0 Å². The van der Waals surface area contributed by atoms with Crippen molar-refractivity contribution >= 4 is 11.9 Å². The summed E-state index contributed by atoms with van der Waals surface area (Å²) >= 11 is 0. The molecule has 0 aliphatic rings. The normalized spacial score (nSPS) is 10.1. The summed E-state index contributed by atoms with van der Waals surface area (Å²) in [6, 6.07) is 16.6. The minimum Gasteiger partial charge on any atom is -0.465 e. The van der Waals surface area contributed by atoms with E-state index >= 15 is 0 Å². The van der Waals surface area contributed by atoms with Crippen LogP contribution in [-0.2, 0) is 11.2 Å². The van der Waals surface area contributed by atoms with Gasteiger partial charge in [0.15, 0.2) is 0 Å². The highest BCUT2D eigenvalue weighted by molar-refractivity contribution is 5.97. The summed E-state index contributed by atoms with van der Waals surface area (Å²) < 4.78 is 4.67. The van der Waals surface area contributed by atoms with Gasteiger partial charge in [0, 0.05) is 19.2 Å². The molecule has 0 aliphatic heterocycles. The second-order valence-corrected chi connectivity index (χ2v) is 5.03. The maximum absolute atomic E-state index is 12.4. The molecule has 0 fully saturated rings. The lowest BCUT2D eigenvalue weighted by molar-refractivity contribution is 0.0600. The summed E-state index contributed by atoms with van der Waals surface area (Å²) in [7, 11) is 3.08. The third-order valence-electron chi connectivity index (χ3n) is 3.46. The van der Waals surface area contributed by atoms with Gasteiger partial charge in [0.1, 0.15) is 0 Å². The molecule has 0 aliphatic carbocycles. The zero-order valence-electron chi connectivity index (χ0n) is 12.8. The minimum absolute atomic E-state index is 0.110. The first-order valence-electron chi connectivity index (χ1n) is 7.09. The van der Waals surface area contributed by atoms with Crippen LogP contribution in [0.5, 0.6) is 0 Å². The van der Waals surface area contributed by atoms with E-state index in [1.165, 1.54) is 12.7 Å². The highest BCUT2D eigenvalue weighted by Crippen LogP contribution is 2.10. The Morgan fingerprint density at radius 3 is 2.36 bits per heavy atom. The van der Waals surface area contributed by atoms with Crippen molar-refractivity contribution in [1.29, 1.82) is 0 Å². The summed E-state index contributed by atoms with van der Waals surface area (Å²) in [6.07, 6.45) is 0.791. The predicted octanol–water partition coefficient (Wildman–Crippen LogP) is 2.79. The molecule has 0 N–H and O–H groups in total. The first kappa shape index (κ1) is 15.8. The van der Waals surface area contributed by atoms with Crippen LogP contribution in [0, 0.1) is 0 Å². The molecular formula is C18H19NO3. The van der Waals surface area contributed by atoms with Crippen LogP contribution in [0.25, 0.3) is 0 Å². The molecular weight excluding hydrogens is 278 g/mol. The second-order valence-electron chi connectivity index (χ2n) is 5.03. The largest absolute Gasteiger partial charge is 0.465 e. The summed E-state index contributed by atoms with van der Waals surface area (Å²) in [5.74, 6) is -0.553. The van der Waals surface area contributed by atoms with E-state index in [0.717, 1.165) is 6.42 Å². The zero-order chi connectivity index (χ0) is 15.9. The Balaban J connectivity index is 2.02. The number of carbonyl (C=O) groups excluding carboxylic acids is 2. The molecule has 2 aromatic carbocycles. The molecule has 0 heterocycles. The average Bonchev–Trinajstić information content (AvgIpc) is 2.59. The summed E-state index contributed by atoms with van der Waals surface area (Å²) in [4.78, 5) is 25.6. The number of hydrogen-bond donors (Lipinski definition) is 0. The number of benzene rings is 2. The van der Waals surface area contributed by atoms with E-state index in [1.54, 1.807) is 36.2 Å². The van der Waals surface area contributed by atoms with Crippen molar-refractivity contribution in [2.75, 3.05) is 20.7 Å². The molecule has 4 nitrogen and oxygen atoms in total. The Labute approximate surface area is 130 Å². The lowest BCUT2D eigenvalue weighted by Gasteiger charge is -2.17. The van der Waals surface area contributed by atoms with Crippen LogP contribution in [-0.4, -0.2) is 37.5 Å². The van der Waals surface area contributed by atoms with Gasteiger partial charge in [-0.2, -0.15) is 0 Å². The second kappa shape index (κ2) is 7.41. The summed E-state index contributed by atoms with van der Waals surface area (Å²) in [5, 5.41) is 0. The number of carbonyl (C=O) groups is 2. The third-order valence-corrected chi connectivity index (χ3v) is 3.46. The third kappa shape index (κ3) is 3.95. The van der Waals surface area contributed by atoms with Crippen LogP contribution in [0.2, 0.25) is 0 Å². The fraction of sp³-hybridized carbons (Fsp3) is 0.222. The van der Waals surface area contributed by atoms with Crippen molar-refractivity contribution in [3.05, 3.63) is 71.3 Å². The van der Waals surface area contributed by atoms with Crippen molar-refractivity contribution in [2.24, 2.45) is 0 Å². The smallest absolute Gasteiger partial charge is 0.337 e. The van der Waals surface area contributed by atoms with Gasteiger partial charge in [-0.3, -0.25) is 4.79 Å². The number of nitrogens with zero attached hydrogens (tertiary/aromatic N) is 1. The van der Waals surface area contributed by atoms with Gasteiger partial charge in [-0.05, 0) is 30.2 Å². The Kier molecular flexibility index (Phi) is 5.31.